The third-order valence-corrected chi connectivity index (χ3v) is 1.41. The number of hydrogen-bond donors (Lipinski definition) is 0. The first-order valence-electron chi connectivity index (χ1n) is 2.36. The van der Waals surface area contributed by atoms with Gasteiger partial charge in [0, 0.05) is 25.7 Å². The van der Waals surface area contributed by atoms with E-state index < -0.39 is 0 Å². The number of halogens is 1. The van der Waals surface area contributed by atoms with Gasteiger partial charge in [-0.25, -0.2) is 0 Å². The first-order chi connectivity index (χ1) is 3.80. The molecule has 0 bridgehead atoms. The highest BCUT2D eigenvalue weighted by Gasteiger charge is 2.04. The van der Waals surface area contributed by atoms with Gasteiger partial charge in [-0.1, -0.05) is 11.6 Å². The largest absolute Gasteiger partial charge is 0.359 e. The summed E-state index contributed by atoms with van der Waals surface area (Å²) in [6.07, 6.45) is 5.22. The van der Waals surface area contributed by atoms with Gasteiger partial charge in [0.2, 0.25) is 0 Å². The molecule has 1 atom stereocenters. The maximum absolute atomic E-state index is 5.69. The van der Waals surface area contributed by atoms with E-state index in [-0.39, 0.29) is 5.50 Å². The lowest BCUT2D eigenvalue weighted by Crippen LogP contribution is -2.24. The van der Waals surface area contributed by atoms with Gasteiger partial charge < -0.3 is 4.90 Å². The second-order valence-corrected chi connectivity index (χ2v) is 2.08. The van der Waals surface area contributed by atoms with Crippen molar-refractivity contribution in [3.63, 3.8) is 0 Å². The van der Waals surface area contributed by atoms with Crippen LogP contribution in [0.25, 0.3) is 0 Å². The van der Waals surface area contributed by atoms with E-state index in [0.717, 1.165) is 0 Å². The van der Waals surface area contributed by atoms with Crippen molar-refractivity contribution in [1.82, 2.24) is 4.90 Å². The molecular formula is C5H7ClN2. The maximum atomic E-state index is 5.69. The van der Waals surface area contributed by atoms with E-state index in [0.29, 0.717) is 0 Å². The average molecular weight is 131 g/mol. The van der Waals surface area contributed by atoms with Crippen molar-refractivity contribution >= 4 is 17.8 Å². The molecule has 0 aliphatic carbocycles. The quantitative estimate of drug-likeness (QED) is 0.353. The van der Waals surface area contributed by atoms with Gasteiger partial charge in [0.05, 0.1) is 0 Å². The van der Waals surface area contributed by atoms with Gasteiger partial charge in [-0.05, 0) is 0 Å². The fourth-order valence-electron chi connectivity index (χ4n) is 0.452. The van der Waals surface area contributed by atoms with Crippen LogP contribution in [0.5, 0.6) is 0 Å². The van der Waals surface area contributed by atoms with Gasteiger partial charge in [-0.3, -0.25) is 4.99 Å². The SMILES string of the molecule is CN1C=CN=CC1Cl. The molecule has 0 saturated carbocycles. The lowest BCUT2D eigenvalue weighted by molar-refractivity contribution is 0.486. The highest BCUT2D eigenvalue weighted by Crippen LogP contribution is 2.03. The Bertz CT molecular complexity index is 114. The van der Waals surface area contributed by atoms with Crippen molar-refractivity contribution < 1.29 is 0 Å². The van der Waals surface area contributed by atoms with Crippen LogP contribution in [0.2, 0.25) is 0 Å². The number of rotatable bonds is 0. The standard InChI is InChI=1S/C5H7ClN2/c1-8-3-2-7-4-5(8)6/h2-5H,1H3. The maximum Gasteiger partial charge on any atom is 0.139 e. The molecule has 0 N–H and O–H groups in total. The monoisotopic (exact) mass is 130 g/mol. The third kappa shape index (κ3) is 1.01. The molecular weight excluding hydrogens is 124 g/mol. The molecule has 0 fully saturated rings. The minimum absolute atomic E-state index is 0.0694. The Balaban J connectivity index is 2.59. The van der Waals surface area contributed by atoms with Crippen LogP contribution in [0.15, 0.2) is 17.4 Å². The zero-order valence-electron chi connectivity index (χ0n) is 4.58. The van der Waals surface area contributed by atoms with Crippen LogP contribution in [0.1, 0.15) is 0 Å². The fraction of sp³-hybridized carbons (Fsp3) is 0.400. The minimum atomic E-state index is -0.0694. The van der Waals surface area contributed by atoms with E-state index in [1.54, 1.807) is 12.4 Å². The molecule has 3 heteroatoms. The summed E-state index contributed by atoms with van der Waals surface area (Å²) in [7, 11) is 1.90. The van der Waals surface area contributed by atoms with Crippen LogP contribution in [-0.2, 0) is 0 Å². The van der Waals surface area contributed by atoms with Crippen molar-refractivity contribution in [3.05, 3.63) is 12.4 Å². The smallest absolute Gasteiger partial charge is 0.139 e. The molecule has 8 heavy (non-hydrogen) atoms. The van der Waals surface area contributed by atoms with E-state index in [1.807, 2.05) is 18.1 Å². The van der Waals surface area contributed by atoms with Crippen molar-refractivity contribution in [2.45, 2.75) is 5.50 Å². The summed E-state index contributed by atoms with van der Waals surface area (Å²) in [6.45, 7) is 0. The third-order valence-electron chi connectivity index (χ3n) is 0.986. The Morgan fingerprint density at radius 1 is 1.75 bits per heavy atom. The van der Waals surface area contributed by atoms with Gasteiger partial charge >= 0.3 is 0 Å². The summed E-state index contributed by atoms with van der Waals surface area (Å²) in [5.74, 6) is 0. The van der Waals surface area contributed by atoms with Crippen LogP contribution in [0.4, 0.5) is 0 Å². The zero-order chi connectivity index (χ0) is 5.98. The second kappa shape index (κ2) is 2.18. The highest BCUT2D eigenvalue weighted by molar-refractivity contribution is 6.28. The van der Waals surface area contributed by atoms with E-state index in [9.17, 15) is 0 Å². The molecule has 1 aliphatic heterocycles. The van der Waals surface area contributed by atoms with E-state index >= 15 is 0 Å². The molecule has 0 amide bonds. The van der Waals surface area contributed by atoms with Crippen LogP contribution >= 0.6 is 11.6 Å². The molecule has 1 heterocycles. The summed E-state index contributed by atoms with van der Waals surface area (Å²) in [5.41, 5.74) is -0.0694. The van der Waals surface area contributed by atoms with Crippen molar-refractivity contribution in [2.24, 2.45) is 4.99 Å². The predicted molar refractivity (Wildman–Crippen MR) is 35.0 cm³/mol. The molecule has 0 saturated heterocycles. The molecule has 1 aliphatic rings. The summed E-state index contributed by atoms with van der Waals surface area (Å²) in [5, 5.41) is 0. The Morgan fingerprint density at radius 2 is 2.50 bits per heavy atom. The van der Waals surface area contributed by atoms with Gasteiger partial charge in [0.15, 0.2) is 0 Å². The first kappa shape index (κ1) is 5.63. The number of hydrogen-bond acceptors (Lipinski definition) is 2. The summed E-state index contributed by atoms with van der Waals surface area (Å²) in [4.78, 5) is 5.70. The zero-order valence-corrected chi connectivity index (χ0v) is 5.34. The van der Waals surface area contributed by atoms with Crippen LogP contribution in [0, 0.1) is 0 Å². The summed E-state index contributed by atoms with van der Waals surface area (Å²) in [6, 6.07) is 0. The Morgan fingerprint density at radius 3 is 2.88 bits per heavy atom. The van der Waals surface area contributed by atoms with Gasteiger partial charge in [-0.2, -0.15) is 0 Å². The number of nitrogens with zero attached hydrogens (tertiary/aromatic N) is 2. The molecule has 1 rings (SSSR count). The topological polar surface area (TPSA) is 15.6 Å². The van der Waals surface area contributed by atoms with Crippen molar-refractivity contribution in [2.75, 3.05) is 7.05 Å². The molecule has 1 unspecified atom stereocenters. The van der Waals surface area contributed by atoms with Crippen molar-refractivity contribution in [1.29, 1.82) is 0 Å². The lowest BCUT2D eigenvalue weighted by Gasteiger charge is -2.18. The Kier molecular flexibility index (Phi) is 1.53. The predicted octanol–water partition coefficient (Wildman–Crippen LogP) is 1.04. The molecule has 0 radical (unpaired) electrons. The molecule has 2 nitrogen and oxygen atoms in total. The molecule has 0 aromatic heterocycles. The van der Waals surface area contributed by atoms with E-state index in [1.165, 1.54) is 0 Å². The van der Waals surface area contributed by atoms with Crippen molar-refractivity contribution in [3.8, 4) is 0 Å². The van der Waals surface area contributed by atoms with Gasteiger partial charge in [-0.15, -0.1) is 0 Å². The number of alkyl halides is 1. The average Bonchev–Trinajstić information content (AvgIpc) is 1.77. The number of aliphatic imine (C=N–C) groups is 1. The van der Waals surface area contributed by atoms with Gasteiger partial charge in [0.25, 0.3) is 0 Å². The second-order valence-electron chi connectivity index (χ2n) is 1.63. The fourth-order valence-corrected chi connectivity index (χ4v) is 0.582. The molecule has 0 spiro atoms. The van der Waals surface area contributed by atoms with Crippen LogP contribution in [0.3, 0.4) is 0 Å². The molecule has 0 aromatic rings. The Labute approximate surface area is 53.5 Å². The minimum Gasteiger partial charge on any atom is -0.359 e. The van der Waals surface area contributed by atoms with Crippen LogP contribution in [-0.4, -0.2) is 23.7 Å². The van der Waals surface area contributed by atoms with E-state index in [4.69, 9.17) is 11.6 Å². The normalized spacial score (nSPS) is 26.8. The summed E-state index contributed by atoms with van der Waals surface area (Å²) >= 11 is 5.69. The summed E-state index contributed by atoms with van der Waals surface area (Å²) < 4.78 is 0. The lowest BCUT2D eigenvalue weighted by atomic mass is 10.5. The van der Waals surface area contributed by atoms with Gasteiger partial charge in [0.1, 0.15) is 5.50 Å². The molecule has 44 valence electrons. The highest BCUT2D eigenvalue weighted by atomic mass is 35.5. The first-order valence-corrected chi connectivity index (χ1v) is 2.80. The molecule has 0 aromatic carbocycles. The Hall–Kier alpha value is -0.500. The van der Waals surface area contributed by atoms with E-state index in [2.05, 4.69) is 4.99 Å². The van der Waals surface area contributed by atoms with Crippen LogP contribution < -0.4 is 0 Å².